The van der Waals surface area contributed by atoms with Gasteiger partial charge in [-0.05, 0) is 17.7 Å². The second-order valence-corrected chi connectivity index (χ2v) is 4.56. The van der Waals surface area contributed by atoms with E-state index in [0.29, 0.717) is 23.5 Å². The Bertz CT molecular complexity index is 661. The molecule has 0 fully saturated rings. The molecule has 0 aliphatic heterocycles. The minimum Gasteiger partial charge on any atom is -0.365 e. The number of amides is 2. The van der Waals surface area contributed by atoms with Gasteiger partial charge in [0.25, 0.3) is 11.8 Å². The van der Waals surface area contributed by atoms with Crippen molar-refractivity contribution in [3.63, 3.8) is 0 Å². The Hall–Kier alpha value is -2.83. The SMILES string of the molecule is CNC(=O)c1ccc(CNc2nn(C)cc2C(N)=O)cc1. The molecule has 2 rings (SSSR count). The van der Waals surface area contributed by atoms with Crippen molar-refractivity contribution in [2.24, 2.45) is 12.8 Å². The maximum Gasteiger partial charge on any atom is 0.254 e. The number of rotatable bonds is 5. The van der Waals surface area contributed by atoms with Crippen molar-refractivity contribution >= 4 is 17.6 Å². The molecule has 1 aromatic carbocycles. The Morgan fingerprint density at radius 3 is 2.52 bits per heavy atom. The quantitative estimate of drug-likeness (QED) is 0.744. The third-order valence-corrected chi connectivity index (χ3v) is 3.00. The summed E-state index contributed by atoms with van der Waals surface area (Å²) in [4.78, 5) is 22.7. The van der Waals surface area contributed by atoms with E-state index in [-0.39, 0.29) is 5.91 Å². The predicted molar refractivity (Wildman–Crippen MR) is 78.9 cm³/mol. The molecule has 0 aliphatic rings. The molecule has 0 atom stereocenters. The molecule has 0 spiro atoms. The van der Waals surface area contributed by atoms with Crippen molar-refractivity contribution in [1.82, 2.24) is 15.1 Å². The summed E-state index contributed by atoms with van der Waals surface area (Å²) in [5.74, 6) is -0.212. The molecular formula is C14H17N5O2. The Balaban J connectivity index is 2.06. The molecule has 0 saturated heterocycles. The van der Waals surface area contributed by atoms with Crippen LogP contribution in [0.2, 0.25) is 0 Å². The molecule has 0 radical (unpaired) electrons. The van der Waals surface area contributed by atoms with Crippen molar-refractivity contribution in [1.29, 1.82) is 0 Å². The number of primary amides is 1. The van der Waals surface area contributed by atoms with Crippen molar-refractivity contribution in [2.75, 3.05) is 12.4 Å². The number of carbonyl (C=O) groups is 2. The van der Waals surface area contributed by atoms with Crippen molar-refractivity contribution in [3.8, 4) is 0 Å². The zero-order valence-electron chi connectivity index (χ0n) is 11.9. The first-order valence-electron chi connectivity index (χ1n) is 6.39. The van der Waals surface area contributed by atoms with Gasteiger partial charge in [-0.2, -0.15) is 5.10 Å². The van der Waals surface area contributed by atoms with Crippen molar-refractivity contribution in [3.05, 3.63) is 47.2 Å². The minimum absolute atomic E-state index is 0.129. The number of hydrogen-bond acceptors (Lipinski definition) is 4. The Kier molecular flexibility index (Phi) is 4.22. The number of nitrogens with zero attached hydrogens (tertiary/aromatic N) is 2. The van der Waals surface area contributed by atoms with Gasteiger partial charge >= 0.3 is 0 Å². The summed E-state index contributed by atoms with van der Waals surface area (Å²) in [7, 11) is 3.31. The smallest absolute Gasteiger partial charge is 0.254 e. The summed E-state index contributed by atoms with van der Waals surface area (Å²) in [6.07, 6.45) is 1.57. The Morgan fingerprint density at radius 2 is 1.95 bits per heavy atom. The van der Waals surface area contributed by atoms with Crippen LogP contribution in [0.1, 0.15) is 26.3 Å². The van der Waals surface area contributed by atoms with Gasteiger partial charge in [0.2, 0.25) is 0 Å². The fourth-order valence-electron chi connectivity index (χ4n) is 1.90. The molecule has 0 aliphatic carbocycles. The molecule has 7 heteroatoms. The highest BCUT2D eigenvalue weighted by molar-refractivity contribution is 5.97. The number of aryl methyl sites for hydroxylation is 1. The largest absolute Gasteiger partial charge is 0.365 e. The monoisotopic (exact) mass is 287 g/mol. The van der Waals surface area contributed by atoms with Crippen LogP contribution < -0.4 is 16.4 Å². The maximum absolute atomic E-state index is 11.4. The number of carbonyl (C=O) groups excluding carboxylic acids is 2. The summed E-state index contributed by atoms with van der Waals surface area (Å²) in [6.45, 7) is 0.477. The average molecular weight is 287 g/mol. The van der Waals surface area contributed by atoms with Crippen LogP contribution in [0.15, 0.2) is 30.5 Å². The lowest BCUT2D eigenvalue weighted by molar-refractivity contribution is 0.0961. The number of nitrogens with one attached hydrogen (secondary N) is 2. The van der Waals surface area contributed by atoms with E-state index in [2.05, 4.69) is 15.7 Å². The van der Waals surface area contributed by atoms with E-state index in [0.717, 1.165) is 5.56 Å². The minimum atomic E-state index is -0.527. The molecule has 1 heterocycles. The molecule has 4 N–H and O–H groups in total. The summed E-state index contributed by atoms with van der Waals surface area (Å²) in [5.41, 5.74) is 7.19. The molecular weight excluding hydrogens is 270 g/mol. The summed E-state index contributed by atoms with van der Waals surface area (Å²) in [6, 6.07) is 7.15. The lowest BCUT2D eigenvalue weighted by atomic mass is 10.1. The molecule has 7 nitrogen and oxygen atoms in total. The van der Waals surface area contributed by atoms with E-state index in [1.54, 1.807) is 32.4 Å². The summed E-state index contributed by atoms with van der Waals surface area (Å²) < 4.78 is 1.52. The van der Waals surface area contributed by atoms with Gasteiger partial charge < -0.3 is 16.4 Å². The summed E-state index contributed by atoms with van der Waals surface area (Å²) in [5, 5.41) is 9.77. The lowest BCUT2D eigenvalue weighted by Crippen LogP contribution is -2.17. The Labute approximate surface area is 122 Å². The zero-order chi connectivity index (χ0) is 15.4. The number of benzene rings is 1. The fourth-order valence-corrected chi connectivity index (χ4v) is 1.90. The van der Waals surface area contributed by atoms with Gasteiger partial charge in [0.1, 0.15) is 5.56 Å². The van der Waals surface area contributed by atoms with Gasteiger partial charge in [0, 0.05) is 32.4 Å². The molecule has 110 valence electrons. The van der Waals surface area contributed by atoms with Crippen LogP contribution in [0.4, 0.5) is 5.82 Å². The number of aromatic nitrogens is 2. The van der Waals surface area contributed by atoms with Crippen LogP contribution in [0.25, 0.3) is 0 Å². The highest BCUT2D eigenvalue weighted by atomic mass is 16.1. The van der Waals surface area contributed by atoms with E-state index in [1.807, 2.05) is 12.1 Å². The first-order chi connectivity index (χ1) is 10.0. The molecule has 1 aromatic heterocycles. The van der Waals surface area contributed by atoms with Crippen LogP contribution in [0.3, 0.4) is 0 Å². The summed E-state index contributed by atoms with van der Waals surface area (Å²) >= 11 is 0. The van der Waals surface area contributed by atoms with Crippen LogP contribution in [-0.2, 0) is 13.6 Å². The zero-order valence-corrected chi connectivity index (χ0v) is 11.9. The molecule has 0 saturated carbocycles. The molecule has 21 heavy (non-hydrogen) atoms. The number of anilines is 1. The normalized spacial score (nSPS) is 10.2. The van der Waals surface area contributed by atoms with Gasteiger partial charge in [-0.15, -0.1) is 0 Å². The van der Waals surface area contributed by atoms with Gasteiger partial charge in [-0.25, -0.2) is 0 Å². The molecule has 0 unspecified atom stereocenters. The standard InChI is InChI=1S/C14H17N5O2/c1-16-14(21)10-5-3-9(4-6-10)7-17-13-11(12(15)20)8-19(2)18-13/h3-6,8H,7H2,1-2H3,(H2,15,20)(H,16,21)(H,17,18). The van der Waals surface area contributed by atoms with Crippen molar-refractivity contribution in [2.45, 2.75) is 6.54 Å². The van der Waals surface area contributed by atoms with E-state index in [1.165, 1.54) is 4.68 Å². The molecule has 2 aromatic rings. The molecule has 2 amide bonds. The highest BCUT2D eigenvalue weighted by Gasteiger charge is 2.12. The van der Waals surface area contributed by atoms with Gasteiger partial charge in [0.05, 0.1) is 0 Å². The second-order valence-electron chi connectivity index (χ2n) is 4.56. The third-order valence-electron chi connectivity index (χ3n) is 3.00. The Morgan fingerprint density at radius 1 is 1.29 bits per heavy atom. The van der Waals surface area contributed by atoms with Crippen LogP contribution >= 0.6 is 0 Å². The van der Waals surface area contributed by atoms with E-state index < -0.39 is 5.91 Å². The topological polar surface area (TPSA) is 102 Å². The number of nitrogens with two attached hydrogens (primary N) is 1. The third kappa shape index (κ3) is 3.38. The maximum atomic E-state index is 11.4. The van der Waals surface area contributed by atoms with Crippen LogP contribution in [-0.4, -0.2) is 28.6 Å². The van der Waals surface area contributed by atoms with Crippen LogP contribution in [0, 0.1) is 0 Å². The average Bonchev–Trinajstić information content (AvgIpc) is 2.86. The first-order valence-corrected chi connectivity index (χ1v) is 6.39. The predicted octanol–water partition coefficient (Wildman–Crippen LogP) is 0.491. The fraction of sp³-hybridized carbons (Fsp3) is 0.214. The first kappa shape index (κ1) is 14.6. The molecule has 0 bridgehead atoms. The van der Waals surface area contributed by atoms with Crippen molar-refractivity contribution < 1.29 is 9.59 Å². The van der Waals surface area contributed by atoms with E-state index >= 15 is 0 Å². The van der Waals surface area contributed by atoms with Gasteiger partial charge in [-0.1, -0.05) is 12.1 Å². The van der Waals surface area contributed by atoms with Crippen LogP contribution in [0.5, 0.6) is 0 Å². The van der Waals surface area contributed by atoms with Gasteiger partial charge in [-0.3, -0.25) is 14.3 Å². The van der Waals surface area contributed by atoms with E-state index in [4.69, 9.17) is 5.73 Å². The van der Waals surface area contributed by atoms with E-state index in [9.17, 15) is 9.59 Å². The number of hydrogen-bond donors (Lipinski definition) is 3. The lowest BCUT2D eigenvalue weighted by Gasteiger charge is -2.06. The second kappa shape index (κ2) is 6.08. The van der Waals surface area contributed by atoms with Gasteiger partial charge in [0.15, 0.2) is 5.82 Å². The highest BCUT2D eigenvalue weighted by Crippen LogP contribution is 2.13.